The van der Waals surface area contributed by atoms with Gasteiger partial charge in [-0.1, -0.05) is 12.1 Å². The Morgan fingerprint density at radius 2 is 2.04 bits per heavy atom. The quantitative estimate of drug-likeness (QED) is 0.565. The smallest absolute Gasteiger partial charge is 0.244 e. The number of nitrogens with zero attached hydrogens (tertiary/aromatic N) is 1. The normalized spacial score (nSPS) is 16.7. The van der Waals surface area contributed by atoms with Gasteiger partial charge in [0.2, 0.25) is 15.9 Å². The molecular formula is C18H26N2O4S. The van der Waals surface area contributed by atoms with Crippen molar-refractivity contribution in [2.75, 3.05) is 29.8 Å². The molecule has 1 aromatic rings. The number of hydrogen-bond acceptors (Lipinski definition) is 4. The second-order valence-electron chi connectivity index (χ2n) is 6.23. The van der Waals surface area contributed by atoms with Gasteiger partial charge >= 0.3 is 0 Å². The van der Waals surface area contributed by atoms with Crippen LogP contribution in [0.25, 0.3) is 6.08 Å². The van der Waals surface area contributed by atoms with Crippen molar-refractivity contribution in [3.05, 3.63) is 35.9 Å². The number of anilines is 1. The maximum atomic E-state index is 11.9. The molecule has 25 heavy (non-hydrogen) atoms. The monoisotopic (exact) mass is 366 g/mol. The van der Waals surface area contributed by atoms with E-state index in [9.17, 15) is 13.2 Å². The molecule has 0 radical (unpaired) electrons. The van der Waals surface area contributed by atoms with Crippen molar-refractivity contribution < 1.29 is 17.9 Å². The summed E-state index contributed by atoms with van der Waals surface area (Å²) in [5, 5.41) is 2.80. The molecule has 7 heteroatoms. The van der Waals surface area contributed by atoms with E-state index < -0.39 is 10.0 Å². The maximum absolute atomic E-state index is 11.9. The molecule has 1 saturated heterocycles. The van der Waals surface area contributed by atoms with Gasteiger partial charge in [0.1, 0.15) is 0 Å². The van der Waals surface area contributed by atoms with Crippen LogP contribution in [0.3, 0.4) is 0 Å². The van der Waals surface area contributed by atoms with Crippen LogP contribution in [0.2, 0.25) is 0 Å². The molecule has 1 amide bonds. The number of rotatable bonds is 8. The van der Waals surface area contributed by atoms with Crippen molar-refractivity contribution in [2.45, 2.75) is 32.8 Å². The number of amides is 1. The molecule has 1 aliphatic heterocycles. The van der Waals surface area contributed by atoms with Gasteiger partial charge in [-0.3, -0.25) is 9.10 Å². The van der Waals surface area contributed by atoms with E-state index >= 15 is 0 Å². The van der Waals surface area contributed by atoms with Crippen molar-refractivity contribution >= 4 is 27.7 Å². The lowest BCUT2D eigenvalue weighted by Crippen LogP contribution is -2.24. The van der Waals surface area contributed by atoms with Gasteiger partial charge in [0.05, 0.1) is 17.5 Å². The Kier molecular flexibility index (Phi) is 7.01. The molecule has 138 valence electrons. The lowest BCUT2D eigenvalue weighted by Gasteiger charge is -2.16. The standard InChI is InChI=1S/C18H26N2O4S/c1-15(2)24-13-3-11-19-18(21)10-7-16-5-8-17(9-6-16)20-12-4-14-25(20,22)23/h5-10,15H,3-4,11-14H2,1-2H3,(H,19,21)/b10-7+. The fourth-order valence-electron chi connectivity index (χ4n) is 2.51. The lowest BCUT2D eigenvalue weighted by molar-refractivity contribution is -0.116. The van der Waals surface area contributed by atoms with E-state index in [1.54, 1.807) is 18.2 Å². The van der Waals surface area contributed by atoms with E-state index in [0.29, 0.717) is 31.8 Å². The summed E-state index contributed by atoms with van der Waals surface area (Å²) in [6.07, 6.45) is 4.82. The van der Waals surface area contributed by atoms with Gasteiger partial charge in [-0.15, -0.1) is 0 Å². The second-order valence-corrected chi connectivity index (χ2v) is 8.24. The largest absolute Gasteiger partial charge is 0.379 e. The molecule has 0 unspecified atom stereocenters. The molecule has 1 fully saturated rings. The molecule has 0 aliphatic carbocycles. The molecule has 1 aromatic carbocycles. The molecule has 0 saturated carbocycles. The molecule has 1 aliphatic rings. The van der Waals surface area contributed by atoms with Crippen molar-refractivity contribution in [3.63, 3.8) is 0 Å². The van der Waals surface area contributed by atoms with Crippen LogP contribution >= 0.6 is 0 Å². The summed E-state index contributed by atoms with van der Waals surface area (Å²) in [6, 6.07) is 7.15. The van der Waals surface area contributed by atoms with Crippen molar-refractivity contribution in [2.24, 2.45) is 0 Å². The van der Waals surface area contributed by atoms with Crippen LogP contribution in [0, 0.1) is 0 Å². The first-order chi connectivity index (χ1) is 11.9. The van der Waals surface area contributed by atoms with Crippen molar-refractivity contribution in [1.29, 1.82) is 0 Å². The highest BCUT2D eigenvalue weighted by molar-refractivity contribution is 7.93. The van der Waals surface area contributed by atoms with Gasteiger partial charge in [-0.25, -0.2) is 8.42 Å². The number of hydrogen-bond donors (Lipinski definition) is 1. The van der Waals surface area contributed by atoms with Gasteiger partial charge in [0, 0.05) is 25.8 Å². The number of benzene rings is 1. The van der Waals surface area contributed by atoms with Crippen LogP contribution < -0.4 is 9.62 Å². The molecule has 0 aromatic heterocycles. The minimum absolute atomic E-state index is 0.157. The molecule has 2 rings (SSSR count). The molecule has 1 N–H and O–H groups in total. The minimum Gasteiger partial charge on any atom is -0.379 e. The lowest BCUT2D eigenvalue weighted by atomic mass is 10.2. The van der Waals surface area contributed by atoms with Gasteiger partial charge in [0.25, 0.3) is 0 Å². The van der Waals surface area contributed by atoms with E-state index in [1.807, 2.05) is 26.0 Å². The van der Waals surface area contributed by atoms with Crippen molar-refractivity contribution in [3.8, 4) is 0 Å². The number of sulfonamides is 1. The third-order valence-electron chi connectivity index (χ3n) is 3.78. The highest BCUT2D eigenvalue weighted by Gasteiger charge is 2.28. The topological polar surface area (TPSA) is 75.7 Å². The molecule has 0 spiro atoms. The van der Waals surface area contributed by atoms with Crippen LogP contribution in [-0.2, 0) is 19.6 Å². The van der Waals surface area contributed by atoms with Crippen LogP contribution in [0.1, 0.15) is 32.3 Å². The SMILES string of the molecule is CC(C)OCCCNC(=O)/C=C/c1ccc(N2CCCS2(=O)=O)cc1. The zero-order valence-electron chi connectivity index (χ0n) is 14.8. The number of carbonyl (C=O) groups is 1. The Balaban J connectivity index is 1.80. The summed E-state index contributed by atoms with van der Waals surface area (Å²) in [4.78, 5) is 11.7. The fraction of sp³-hybridized carbons (Fsp3) is 0.500. The Labute approximate surface area is 149 Å². The zero-order chi connectivity index (χ0) is 18.3. The van der Waals surface area contributed by atoms with E-state index in [0.717, 1.165) is 12.0 Å². The highest BCUT2D eigenvalue weighted by Crippen LogP contribution is 2.24. The van der Waals surface area contributed by atoms with E-state index in [2.05, 4.69) is 5.32 Å². The van der Waals surface area contributed by atoms with Gasteiger partial charge < -0.3 is 10.1 Å². The van der Waals surface area contributed by atoms with Crippen LogP contribution in [0.15, 0.2) is 30.3 Å². The summed E-state index contributed by atoms with van der Waals surface area (Å²) in [7, 11) is -3.16. The molecule has 6 nitrogen and oxygen atoms in total. The zero-order valence-corrected chi connectivity index (χ0v) is 15.6. The first kappa shape index (κ1) is 19.5. The summed E-state index contributed by atoms with van der Waals surface area (Å²) >= 11 is 0. The first-order valence-electron chi connectivity index (χ1n) is 8.56. The molecule has 0 bridgehead atoms. The van der Waals surface area contributed by atoms with E-state index in [-0.39, 0.29) is 17.8 Å². The third-order valence-corrected chi connectivity index (χ3v) is 5.65. The highest BCUT2D eigenvalue weighted by atomic mass is 32.2. The minimum atomic E-state index is -3.16. The van der Waals surface area contributed by atoms with Gasteiger partial charge in [-0.05, 0) is 50.5 Å². The van der Waals surface area contributed by atoms with Gasteiger partial charge in [-0.2, -0.15) is 0 Å². The molecule has 1 heterocycles. The third kappa shape index (κ3) is 6.17. The summed E-state index contributed by atoms with van der Waals surface area (Å²) in [6.45, 7) is 5.68. The summed E-state index contributed by atoms with van der Waals surface area (Å²) in [5.41, 5.74) is 1.52. The predicted octanol–water partition coefficient (Wildman–Crippen LogP) is 2.17. The number of ether oxygens (including phenoxy) is 1. The van der Waals surface area contributed by atoms with Crippen LogP contribution in [-0.4, -0.2) is 45.9 Å². The average Bonchev–Trinajstić information content (AvgIpc) is 2.92. The first-order valence-corrected chi connectivity index (χ1v) is 10.2. The van der Waals surface area contributed by atoms with Crippen LogP contribution in [0.5, 0.6) is 0 Å². The Morgan fingerprint density at radius 1 is 1.32 bits per heavy atom. The number of carbonyl (C=O) groups excluding carboxylic acids is 1. The predicted molar refractivity (Wildman–Crippen MR) is 99.9 cm³/mol. The molecular weight excluding hydrogens is 340 g/mol. The Bertz CT molecular complexity index is 696. The van der Waals surface area contributed by atoms with E-state index in [4.69, 9.17) is 4.74 Å². The fourth-order valence-corrected chi connectivity index (χ4v) is 4.08. The Morgan fingerprint density at radius 3 is 2.64 bits per heavy atom. The second kappa shape index (κ2) is 9.01. The van der Waals surface area contributed by atoms with Crippen LogP contribution in [0.4, 0.5) is 5.69 Å². The van der Waals surface area contributed by atoms with Gasteiger partial charge in [0.15, 0.2) is 0 Å². The van der Waals surface area contributed by atoms with Crippen molar-refractivity contribution in [1.82, 2.24) is 5.32 Å². The molecule has 0 atom stereocenters. The van der Waals surface area contributed by atoms with E-state index in [1.165, 1.54) is 10.4 Å². The average molecular weight is 366 g/mol. The summed E-state index contributed by atoms with van der Waals surface area (Å²) in [5.74, 6) is 0.0487. The maximum Gasteiger partial charge on any atom is 0.244 e. The summed E-state index contributed by atoms with van der Waals surface area (Å²) < 4.78 is 30.6. The number of nitrogens with one attached hydrogen (secondary N) is 1. The Hall–Kier alpha value is -1.86.